The van der Waals surface area contributed by atoms with Gasteiger partial charge in [0.2, 0.25) is 0 Å². The molecule has 1 atom stereocenters. The fraction of sp³-hybridized carbons (Fsp3) is 0.300. The molecule has 1 rings (SSSR count). The van der Waals surface area contributed by atoms with E-state index >= 15 is 0 Å². The van der Waals surface area contributed by atoms with Gasteiger partial charge in [-0.1, -0.05) is 12.1 Å². The fourth-order valence-corrected chi connectivity index (χ4v) is 1.86. The molecular weight excluding hydrogens is 217 g/mol. The predicted molar refractivity (Wildman–Crippen MR) is 54.2 cm³/mol. The minimum absolute atomic E-state index is 0.272. The van der Waals surface area contributed by atoms with E-state index in [1.807, 2.05) is 0 Å². The minimum atomic E-state index is -3.56. The maximum Gasteiger partial charge on any atom is 0.180 e. The number of nitriles is 1. The molecule has 0 aromatic heterocycles. The highest BCUT2D eigenvalue weighted by Crippen LogP contribution is 2.28. The smallest absolute Gasteiger partial charge is 0.180 e. The molecule has 0 aliphatic carbocycles. The van der Waals surface area contributed by atoms with E-state index in [0.29, 0.717) is 0 Å². The first-order chi connectivity index (χ1) is 6.81. The average molecular weight is 227 g/mol. The third-order valence-corrected chi connectivity index (χ3v) is 4.16. The highest BCUT2D eigenvalue weighted by molar-refractivity contribution is 7.91. The van der Waals surface area contributed by atoms with Gasteiger partial charge in [-0.15, -0.1) is 0 Å². The first-order valence-corrected chi connectivity index (χ1v) is 6.07. The van der Waals surface area contributed by atoms with Gasteiger partial charge in [0.15, 0.2) is 14.6 Å². The molecule has 15 heavy (non-hydrogen) atoms. The number of sulfone groups is 1. The summed E-state index contributed by atoms with van der Waals surface area (Å²) in [5.74, 6) is -0.465. The lowest BCUT2D eigenvalue weighted by Crippen LogP contribution is -2.29. The van der Waals surface area contributed by atoms with Crippen molar-refractivity contribution in [1.82, 2.24) is 0 Å². The maximum atomic E-state index is 12.6. The second-order valence-corrected chi connectivity index (χ2v) is 5.78. The first kappa shape index (κ1) is 11.7. The van der Waals surface area contributed by atoms with E-state index in [-0.39, 0.29) is 5.56 Å². The number of hydrogen-bond donors (Lipinski definition) is 0. The van der Waals surface area contributed by atoms with Gasteiger partial charge in [0.1, 0.15) is 5.82 Å². The summed E-state index contributed by atoms with van der Waals surface area (Å²) in [5, 5.41) is 8.92. The highest BCUT2D eigenvalue weighted by Gasteiger charge is 2.37. The fourth-order valence-electron chi connectivity index (χ4n) is 1.13. The second-order valence-electron chi connectivity index (χ2n) is 3.42. The van der Waals surface area contributed by atoms with Crippen LogP contribution in [0.3, 0.4) is 0 Å². The third-order valence-electron chi connectivity index (χ3n) is 2.35. The van der Waals surface area contributed by atoms with Crippen LogP contribution in [0.4, 0.5) is 4.39 Å². The molecule has 0 bridgehead atoms. The lowest BCUT2D eigenvalue weighted by atomic mass is 10.0. The monoisotopic (exact) mass is 227 g/mol. The van der Waals surface area contributed by atoms with E-state index in [1.54, 1.807) is 6.07 Å². The first-order valence-electron chi connectivity index (χ1n) is 4.18. The molecular formula is C10H10FNO2S. The number of halogens is 1. The third kappa shape index (κ3) is 2.00. The molecule has 0 spiro atoms. The molecule has 0 aliphatic heterocycles. The van der Waals surface area contributed by atoms with Crippen molar-refractivity contribution in [2.75, 3.05) is 6.26 Å². The highest BCUT2D eigenvalue weighted by atomic mass is 32.2. The summed E-state index contributed by atoms with van der Waals surface area (Å²) in [6.07, 6.45) is 0.986. The molecule has 0 aliphatic rings. The standard InChI is InChI=1S/C10H10FNO2S/c1-10(7-12,15(2,13)14)8-3-5-9(11)6-4-8/h3-6H,1-2H3/t10-/m0/s1. The summed E-state index contributed by atoms with van der Waals surface area (Å²) in [7, 11) is -3.56. The molecule has 0 fully saturated rings. The van der Waals surface area contributed by atoms with E-state index in [9.17, 15) is 12.8 Å². The van der Waals surface area contributed by atoms with Crippen molar-refractivity contribution in [3.05, 3.63) is 35.6 Å². The zero-order valence-corrected chi connectivity index (χ0v) is 9.18. The van der Waals surface area contributed by atoms with Gasteiger partial charge in [-0.2, -0.15) is 5.26 Å². The Kier molecular flexibility index (Phi) is 2.82. The van der Waals surface area contributed by atoms with Gasteiger partial charge >= 0.3 is 0 Å². The van der Waals surface area contributed by atoms with Crippen LogP contribution >= 0.6 is 0 Å². The Morgan fingerprint density at radius 3 is 2.13 bits per heavy atom. The summed E-state index contributed by atoms with van der Waals surface area (Å²) in [4.78, 5) is 0. The van der Waals surface area contributed by atoms with Crippen LogP contribution in [0.1, 0.15) is 12.5 Å². The van der Waals surface area contributed by atoms with Gasteiger partial charge in [0.05, 0.1) is 6.07 Å². The van der Waals surface area contributed by atoms with E-state index in [0.717, 1.165) is 18.4 Å². The molecule has 0 unspecified atom stereocenters. The van der Waals surface area contributed by atoms with Crippen LogP contribution in [-0.4, -0.2) is 14.7 Å². The van der Waals surface area contributed by atoms with E-state index < -0.39 is 20.4 Å². The Hall–Kier alpha value is -1.41. The van der Waals surface area contributed by atoms with Crippen LogP contribution in [0, 0.1) is 17.1 Å². The Labute approximate surface area is 88.1 Å². The SMILES string of the molecule is C[C@](C#N)(c1ccc(F)cc1)S(C)(=O)=O. The molecule has 0 N–H and O–H groups in total. The van der Waals surface area contributed by atoms with Crippen molar-refractivity contribution < 1.29 is 12.8 Å². The van der Waals surface area contributed by atoms with E-state index in [1.165, 1.54) is 19.1 Å². The summed E-state index contributed by atoms with van der Waals surface area (Å²) in [5.41, 5.74) is 0.272. The molecule has 0 saturated carbocycles. The van der Waals surface area contributed by atoms with Crippen LogP contribution in [-0.2, 0) is 14.6 Å². The van der Waals surface area contributed by atoms with Gasteiger partial charge in [-0.25, -0.2) is 12.8 Å². The minimum Gasteiger partial charge on any atom is -0.227 e. The molecule has 80 valence electrons. The summed E-state index contributed by atoms with van der Waals surface area (Å²) >= 11 is 0. The predicted octanol–water partition coefficient (Wildman–Crippen LogP) is 1.61. The number of rotatable bonds is 2. The number of benzene rings is 1. The molecule has 0 amide bonds. The van der Waals surface area contributed by atoms with Gasteiger partial charge < -0.3 is 0 Å². The molecule has 0 heterocycles. The van der Waals surface area contributed by atoms with Crippen molar-refractivity contribution in [1.29, 1.82) is 5.26 Å². The lowest BCUT2D eigenvalue weighted by Gasteiger charge is -2.19. The molecule has 5 heteroatoms. The van der Waals surface area contributed by atoms with Crippen molar-refractivity contribution in [3.63, 3.8) is 0 Å². The average Bonchev–Trinajstić information content (AvgIpc) is 2.16. The zero-order valence-electron chi connectivity index (χ0n) is 8.36. The maximum absolute atomic E-state index is 12.6. The Morgan fingerprint density at radius 1 is 1.33 bits per heavy atom. The van der Waals surface area contributed by atoms with Crippen LogP contribution in [0.25, 0.3) is 0 Å². The molecule has 0 saturated heterocycles. The van der Waals surface area contributed by atoms with Crippen molar-refractivity contribution in [2.24, 2.45) is 0 Å². The van der Waals surface area contributed by atoms with Gasteiger partial charge in [-0.3, -0.25) is 0 Å². The van der Waals surface area contributed by atoms with Crippen LogP contribution in [0.5, 0.6) is 0 Å². The summed E-state index contributed by atoms with van der Waals surface area (Å²) < 4.78 is 33.9. The lowest BCUT2D eigenvalue weighted by molar-refractivity contribution is 0.576. The summed E-state index contributed by atoms with van der Waals surface area (Å²) in [6.45, 7) is 1.30. The van der Waals surface area contributed by atoms with Crippen LogP contribution < -0.4 is 0 Å². The number of nitrogens with zero attached hydrogens (tertiary/aromatic N) is 1. The van der Waals surface area contributed by atoms with Crippen LogP contribution in [0.15, 0.2) is 24.3 Å². The van der Waals surface area contributed by atoms with Crippen LogP contribution in [0.2, 0.25) is 0 Å². The largest absolute Gasteiger partial charge is 0.227 e. The van der Waals surface area contributed by atoms with Gasteiger partial charge in [-0.05, 0) is 24.6 Å². The van der Waals surface area contributed by atoms with Gasteiger partial charge in [0, 0.05) is 6.26 Å². The normalized spacial score (nSPS) is 15.3. The summed E-state index contributed by atoms with van der Waals surface area (Å²) in [6, 6.07) is 6.62. The Morgan fingerprint density at radius 2 is 1.80 bits per heavy atom. The van der Waals surface area contributed by atoms with Crippen molar-refractivity contribution >= 4 is 9.84 Å². The van der Waals surface area contributed by atoms with Crippen molar-refractivity contribution in [2.45, 2.75) is 11.7 Å². The quantitative estimate of drug-likeness (QED) is 0.771. The van der Waals surface area contributed by atoms with Crippen molar-refractivity contribution in [3.8, 4) is 6.07 Å². The Bertz CT molecular complexity index is 501. The number of hydrogen-bond acceptors (Lipinski definition) is 3. The zero-order chi connectivity index (χ0) is 11.7. The molecule has 1 aromatic carbocycles. The molecule has 3 nitrogen and oxygen atoms in total. The van der Waals surface area contributed by atoms with E-state index in [4.69, 9.17) is 5.26 Å². The second kappa shape index (κ2) is 3.63. The Balaban J connectivity index is 3.39. The van der Waals surface area contributed by atoms with E-state index in [2.05, 4.69) is 0 Å². The topological polar surface area (TPSA) is 57.9 Å². The molecule has 1 aromatic rings. The van der Waals surface area contributed by atoms with Gasteiger partial charge in [0.25, 0.3) is 0 Å². The molecule has 0 radical (unpaired) electrons.